The van der Waals surface area contributed by atoms with Crippen LogP contribution < -0.4 is 16.7 Å². The van der Waals surface area contributed by atoms with Gasteiger partial charge in [-0.1, -0.05) is 12.1 Å². The van der Waals surface area contributed by atoms with Crippen LogP contribution in [0, 0.1) is 0 Å². The Morgan fingerprint density at radius 3 is 3.17 bits per heavy atom. The van der Waals surface area contributed by atoms with Gasteiger partial charge in [-0.2, -0.15) is 0 Å². The number of anilines is 1. The SMILES string of the molecule is NCCN=c1nc2ccccc2c2n1CCCN2. The molecule has 0 radical (unpaired) electrons. The number of hydrogen-bond donors (Lipinski definition) is 2. The molecule has 0 spiro atoms. The van der Waals surface area contributed by atoms with Gasteiger partial charge in [-0.05, 0) is 18.6 Å². The predicted molar refractivity (Wildman–Crippen MR) is 72.3 cm³/mol. The molecule has 18 heavy (non-hydrogen) atoms. The molecule has 0 amide bonds. The van der Waals surface area contributed by atoms with Gasteiger partial charge in [-0.15, -0.1) is 0 Å². The molecule has 2 heterocycles. The van der Waals surface area contributed by atoms with Crippen LogP contribution in [0.2, 0.25) is 0 Å². The van der Waals surface area contributed by atoms with Crippen LogP contribution in [-0.4, -0.2) is 29.2 Å². The van der Waals surface area contributed by atoms with Gasteiger partial charge in [0.05, 0.1) is 12.1 Å². The van der Waals surface area contributed by atoms with Crippen LogP contribution in [-0.2, 0) is 6.54 Å². The third-order valence-corrected chi connectivity index (χ3v) is 3.12. The van der Waals surface area contributed by atoms with Crippen LogP contribution in [0.1, 0.15) is 6.42 Å². The number of hydrogen-bond acceptors (Lipinski definition) is 4. The average Bonchev–Trinajstić information content (AvgIpc) is 2.45. The van der Waals surface area contributed by atoms with Crippen molar-refractivity contribution in [2.24, 2.45) is 10.7 Å². The second kappa shape index (κ2) is 4.78. The second-order valence-electron chi connectivity index (χ2n) is 4.38. The minimum atomic E-state index is 0.553. The number of nitrogens with two attached hydrogens (primary N) is 1. The van der Waals surface area contributed by atoms with Crippen molar-refractivity contribution in [3.8, 4) is 0 Å². The number of aromatic nitrogens is 2. The molecular formula is C13H17N5. The van der Waals surface area contributed by atoms with E-state index in [1.165, 1.54) is 0 Å². The highest BCUT2D eigenvalue weighted by atomic mass is 15.2. The van der Waals surface area contributed by atoms with Crippen molar-refractivity contribution in [2.75, 3.05) is 25.0 Å². The molecule has 5 heteroatoms. The lowest BCUT2D eigenvalue weighted by atomic mass is 10.2. The van der Waals surface area contributed by atoms with E-state index in [-0.39, 0.29) is 0 Å². The van der Waals surface area contributed by atoms with E-state index in [2.05, 4.69) is 25.9 Å². The Balaban J connectivity index is 2.30. The standard InChI is InChI=1S/C13H17N5/c14-6-8-16-13-17-11-5-2-1-4-10(11)12-15-7-3-9-18(12)13/h1-2,4-5,15H,3,6-9,14H2. The van der Waals surface area contributed by atoms with Gasteiger partial charge in [0.15, 0.2) is 0 Å². The number of fused-ring (bicyclic) bond motifs is 3. The Bertz CT molecular complexity index is 629. The first-order valence-electron chi connectivity index (χ1n) is 6.34. The van der Waals surface area contributed by atoms with Crippen molar-refractivity contribution in [1.82, 2.24) is 9.55 Å². The van der Waals surface area contributed by atoms with E-state index in [4.69, 9.17) is 5.73 Å². The van der Waals surface area contributed by atoms with E-state index in [9.17, 15) is 0 Å². The summed E-state index contributed by atoms with van der Waals surface area (Å²) in [5.74, 6) is 1.13. The highest BCUT2D eigenvalue weighted by Crippen LogP contribution is 2.22. The number of benzene rings is 1. The number of para-hydroxylation sites is 1. The largest absolute Gasteiger partial charge is 0.371 e. The number of rotatable bonds is 2. The summed E-state index contributed by atoms with van der Waals surface area (Å²) in [4.78, 5) is 9.10. The lowest BCUT2D eigenvalue weighted by molar-refractivity contribution is 0.585. The summed E-state index contributed by atoms with van der Waals surface area (Å²) in [6.07, 6.45) is 1.10. The topological polar surface area (TPSA) is 68.2 Å². The fraction of sp³-hybridized carbons (Fsp3) is 0.385. The molecule has 3 rings (SSSR count). The van der Waals surface area contributed by atoms with E-state index in [0.29, 0.717) is 13.1 Å². The van der Waals surface area contributed by atoms with E-state index in [1.54, 1.807) is 0 Å². The van der Waals surface area contributed by atoms with Crippen molar-refractivity contribution < 1.29 is 0 Å². The minimum absolute atomic E-state index is 0.553. The number of nitrogens with one attached hydrogen (secondary N) is 1. The molecule has 1 aliphatic heterocycles. The van der Waals surface area contributed by atoms with Crippen molar-refractivity contribution in [2.45, 2.75) is 13.0 Å². The maximum absolute atomic E-state index is 5.52. The van der Waals surface area contributed by atoms with E-state index in [0.717, 1.165) is 41.8 Å². The summed E-state index contributed by atoms with van der Waals surface area (Å²) in [6, 6.07) is 8.16. The van der Waals surface area contributed by atoms with Gasteiger partial charge >= 0.3 is 0 Å². The molecule has 0 fully saturated rings. The monoisotopic (exact) mass is 243 g/mol. The third kappa shape index (κ3) is 1.86. The maximum atomic E-state index is 5.52. The molecule has 3 N–H and O–H groups in total. The summed E-state index contributed by atoms with van der Waals surface area (Å²) in [5.41, 5.74) is 7.28. The van der Waals surface area contributed by atoms with Crippen molar-refractivity contribution >= 4 is 16.7 Å². The van der Waals surface area contributed by atoms with Crippen LogP contribution in [0.3, 0.4) is 0 Å². The average molecular weight is 243 g/mol. The molecule has 1 aromatic heterocycles. The summed E-state index contributed by atoms with van der Waals surface area (Å²) in [6.45, 7) is 3.13. The van der Waals surface area contributed by atoms with Gasteiger partial charge in [-0.25, -0.2) is 9.98 Å². The van der Waals surface area contributed by atoms with Gasteiger partial charge in [-0.3, -0.25) is 4.57 Å². The molecule has 2 aromatic rings. The zero-order valence-corrected chi connectivity index (χ0v) is 10.3. The first-order chi connectivity index (χ1) is 8.90. The fourth-order valence-electron chi connectivity index (χ4n) is 2.32. The molecule has 0 bridgehead atoms. The van der Waals surface area contributed by atoms with Gasteiger partial charge in [0.1, 0.15) is 5.82 Å². The van der Waals surface area contributed by atoms with E-state index >= 15 is 0 Å². The summed E-state index contributed by atoms with van der Waals surface area (Å²) >= 11 is 0. The van der Waals surface area contributed by atoms with Crippen molar-refractivity contribution in [3.63, 3.8) is 0 Å². The highest BCUT2D eigenvalue weighted by Gasteiger charge is 2.12. The Morgan fingerprint density at radius 2 is 2.28 bits per heavy atom. The van der Waals surface area contributed by atoms with Gasteiger partial charge < -0.3 is 11.1 Å². The van der Waals surface area contributed by atoms with Crippen LogP contribution in [0.5, 0.6) is 0 Å². The lowest BCUT2D eigenvalue weighted by Gasteiger charge is -2.22. The Hall–Kier alpha value is -1.88. The van der Waals surface area contributed by atoms with Gasteiger partial charge in [0.25, 0.3) is 0 Å². The van der Waals surface area contributed by atoms with Crippen molar-refractivity contribution in [1.29, 1.82) is 0 Å². The van der Waals surface area contributed by atoms with Crippen LogP contribution in [0.4, 0.5) is 5.82 Å². The molecule has 94 valence electrons. The fourth-order valence-corrected chi connectivity index (χ4v) is 2.32. The smallest absolute Gasteiger partial charge is 0.226 e. The van der Waals surface area contributed by atoms with E-state index in [1.807, 2.05) is 18.2 Å². The highest BCUT2D eigenvalue weighted by molar-refractivity contribution is 5.89. The van der Waals surface area contributed by atoms with Crippen LogP contribution >= 0.6 is 0 Å². The molecule has 0 saturated heterocycles. The maximum Gasteiger partial charge on any atom is 0.226 e. The molecule has 1 aromatic carbocycles. The summed E-state index contributed by atoms with van der Waals surface area (Å²) in [5, 5.41) is 4.61. The quantitative estimate of drug-likeness (QED) is 0.816. The zero-order valence-electron chi connectivity index (χ0n) is 10.3. The molecule has 0 aliphatic carbocycles. The van der Waals surface area contributed by atoms with Crippen LogP contribution in [0.25, 0.3) is 10.9 Å². The molecule has 0 atom stereocenters. The van der Waals surface area contributed by atoms with Gasteiger partial charge in [0.2, 0.25) is 5.62 Å². The second-order valence-corrected chi connectivity index (χ2v) is 4.38. The Morgan fingerprint density at radius 1 is 1.39 bits per heavy atom. The number of nitrogens with zero attached hydrogens (tertiary/aromatic N) is 3. The Kier molecular flexibility index (Phi) is 2.98. The summed E-state index contributed by atoms with van der Waals surface area (Å²) < 4.78 is 2.15. The predicted octanol–water partition coefficient (Wildman–Crippen LogP) is 0.711. The lowest BCUT2D eigenvalue weighted by Crippen LogP contribution is -2.32. The zero-order chi connectivity index (χ0) is 12.4. The molecule has 0 saturated carbocycles. The normalized spacial score (nSPS) is 15.5. The molecule has 1 aliphatic rings. The summed E-state index contributed by atoms with van der Waals surface area (Å²) in [7, 11) is 0. The Labute approximate surface area is 105 Å². The van der Waals surface area contributed by atoms with Crippen molar-refractivity contribution in [3.05, 3.63) is 29.9 Å². The van der Waals surface area contributed by atoms with Gasteiger partial charge in [0, 0.05) is 25.0 Å². The third-order valence-electron chi connectivity index (χ3n) is 3.12. The first-order valence-corrected chi connectivity index (χ1v) is 6.34. The molecular weight excluding hydrogens is 226 g/mol. The van der Waals surface area contributed by atoms with Crippen LogP contribution in [0.15, 0.2) is 29.3 Å². The first kappa shape index (κ1) is 11.2. The molecule has 0 unspecified atom stereocenters. The van der Waals surface area contributed by atoms with E-state index < -0.39 is 0 Å². The minimum Gasteiger partial charge on any atom is -0.371 e. The molecule has 5 nitrogen and oxygen atoms in total.